The molecule has 3 aromatic carbocycles. The van der Waals surface area contributed by atoms with Crippen molar-refractivity contribution in [3.8, 4) is 0 Å². The van der Waals surface area contributed by atoms with E-state index in [1.165, 1.54) is 0 Å². The number of alkyl carbamates (subject to hydrolysis) is 1. The Hall–Kier alpha value is -4.13. The fraction of sp³-hybridized carbons (Fsp3) is 0.400. The molecule has 1 saturated carbocycles. The number of fused-ring (bicyclic) bond motifs is 1. The molecular formula is C35H43N3O4. The van der Waals surface area contributed by atoms with Crippen molar-refractivity contribution in [2.24, 2.45) is 11.8 Å². The summed E-state index contributed by atoms with van der Waals surface area (Å²) < 4.78 is 5.50. The summed E-state index contributed by atoms with van der Waals surface area (Å²) in [4.78, 5) is 43.2. The Morgan fingerprint density at radius 1 is 1.02 bits per heavy atom. The van der Waals surface area contributed by atoms with Gasteiger partial charge in [-0.3, -0.25) is 9.59 Å². The molecule has 1 aliphatic rings. The van der Waals surface area contributed by atoms with E-state index in [0.29, 0.717) is 17.7 Å². The number of benzene rings is 3. The monoisotopic (exact) mass is 569 g/mol. The van der Waals surface area contributed by atoms with Crippen LogP contribution in [0.25, 0.3) is 16.8 Å². The lowest BCUT2D eigenvalue weighted by molar-refractivity contribution is -0.142. The number of ether oxygens (including phenoxy) is 1. The van der Waals surface area contributed by atoms with Gasteiger partial charge in [0.05, 0.1) is 0 Å². The molecule has 222 valence electrons. The third kappa shape index (κ3) is 7.78. The molecule has 1 aliphatic carbocycles. The maximum Gasteiger partial charge on any atom is 0.408 e. The van der Waals surface area contributed by atoms with Gasteiger partial charge < -0.3 is 20.3 Å². The summed E-state index contributed by atoms with van der Waals surface area (Å²) in [6.07, 6.45) is 2.24. The maximum absolute atomic E-state index is 14.5. The second-order valence-electron chi connectivity index (χ2n) is 12.7. The topological polar surface area (TPSA) is 87.7 Å². The van der Waals surface area contributed by atoms with E-state index in [4.69, 9.17) is 4.74 Å². The van der Waals surface area contributed by atoms with E-state index >= 15 is 0 Å². The number of hydrogen-bond donors (Lipinski definition) is 2. The molecule has 7 heteroatoms. The largest absolute Gasteiger partial charge is 0.444 e. The van der Waals surface area contributed by atoms with E-state index in [1.54, 1.807) is 31.7 Å². The van der Waals surface area contributed by atoms with Crippen molar-refractivity contribution in [2.45, 2.75) is 78.1 Å². The average Bonchev–Trinajstić information content (AvgIpc) is 3.64. The Labute approximate surface area is 249 Å². The third-order valence-electron chi connectivity index (χ3n) is 7.38. The lowest BCUT2D eigenvalue weighted by Crippen LogP contribution is -2.53. The van der Waals surface area contributed by atoms with E-state index in [2.05, 4.69) is 24.1 Å². The summed E-state index contributed by atoms with van der Waals surface area (Å²) in [7, 11) is 0. The summed E-state index contributed by atoms with van der Waals surface area (Å²) >= 11 is 0. The summed E-state index contributed by atoms with van der Waals surface area (Å²) in [6.45, 7) is 15.3. The molecule has 0 aromatic heterocycles. The highest BCUT2D eigenvalue weighted by molar-refractivity contribution is 6.00. The Balaban J connectivity index is 1.74. The van der Waals surface area contributed by atoms with E-state index < -0.39 is 23.8 Å². The normalized spacial score (nSPS) is 17.7. The number of hydrogen-bond acceptors (Lipinski definition) is 4. The van der Waals surface area contributed by atoms with Gasteiger partial charge in [0, 0.05) is 11.7 Å². The van der Waals surface area contributed by atoms with Gasteiger partial charge in [-0.1, -0.05) is 82.0 Å². The van der Waals surface area contributed by atoms with E-state index in [0.717, 1.165) is 22.8 Å². The van der Waals surface area contributed by atoms with Gasteiger partial charge in [0.15, 0.2) is 0 Å². The van der Waals surface area contributed by atoms with Crippen LogP contribution in [-0.2, 0) is 14.3 Å². The standard InChI is InChI=1S/C35H43N3O4/c1-8-24-12-11-15-27(20-24)31(32(39)36-28-17-16-25-13-9-10-14-26(25)21-28)38(30-19-23(30)4)33(40)29(18-22(2)3)37-34(41)42-35(5,6)7/h8-17,20-23,29-31H,1,18-19H2,2-7H3,(H,36,39)(H,37,41). The predicted octanol–water partition coefficient (Wildman–Crippen LogP) is 7.34. The summed E-state index contributed by atoms with van der Waals surface area (Å²) in [5.41, 5.74) is 1.45. The Kier molecular flexibility index (Phi) is 9.40. The van der Waals surface area contributed by atoms with Crippen molar-refractivity contribution < 1.29 is 19.1 Å². The van der Waals surface area contributed by atoms with Gasteiger partial charge in [-0.05, 0) is 85.5 Å². The summed E-state index contributed by atoms with van der Waals surface area (Å²) in [5.74, 6) is -0.291. The molecule has 1 fully saturated rings. The number of carbonyl (C=O) groups excluding carboxylic acids is 3. The molecule has 3 aromatic rings. The molecule has 0 heterocycles. The van der Waals surface area contributed by atoms with E-state index in [9.17, 15) is 14.4 Å². The lowest BCUT2D eigenvalue weighted by Gasteiger charge is -2.35. The van der Waals surface area contributed by atoms with Crippen molar-refractivity contribution >= 4 is 40.4 Å². The van der Waals surface area contributed by atoms with Crippen LogP contribution in [0.2, 0.25) is 0 Å². The minimum atomic E-state index is -0.922. The first-order valence-corrected chi connectivity index (χ1v) is 14.7. The predicted molar refractivity (Wildman–Crippen MR) is 169 cm³/mol. The zero-order valence-corrected chi connectivity index (χ0v) is 25.5. The van der Waals surface area contributed by atoms with Crippen LogP contribution in [0.3, 0.4) is 0 Å². The van der Waals surface area contributed by atoms with Gasteiger partial charge in [-0.2, -0.15) is 0 Å². The molecule has 0 saturated heterocycles. The van der Waals surface area contributed by atoms with Crippen LogP contribution in [0, 0.1) is 11.8 Å². The van der Waals surface area contributed by atoms with Gasteiger partial charge in [0.2, 0.25) is 5.91 Å². The molecule has 4 atom stereocenters. The van der Waals surface area contributed by atoms with Crippen LogP contribution in [0.1, 0.15) is 71.6 Å². The zero-order chi connectivity index (χ0) is 30.6. The fourth-order valence-corrected chi connectivity index (χ4v) is 5.27. The molecule has 0 aliphatic heterocycles. The molecule has 4 unspecified atom stereocenters. The number of anilines is 1. The van der Waals surface area contributed by atoms with E-state index in [-0.39, 0.29) is 29.7 Å². The molecule has 42 heavy (non-hydrogen) atoms. The van der Waals surface area contributed by atoms with E-state index in [1.807, 2.05) is 80.6 Å². The second-order valence-corrected chi connectivity index (χ2v) is 12.7. The quantitative estimate of drug-likeness (QED) is 0.267. The van der Waals surface area contributed by atoms with Crippen LogP contribution >= 0.6 is 0 Å². The Morgan fingerprint density at radius 3 is 2.33 bits per heavy atom. The van der Waals surface area contributed by atoms with Crippen LogP contribution in [0.4, 0.5) is 10.5 Å². The highest BCUT2D eigenvalue weighted by Gasteiger charge is 2.48. The minimum Gasteiger partial charge on any atom is -0.444 e. The smallest absolute Gasteiger partial charge is 0.408 e. The van der Waals surface area contributed by atoms with Crippen molar-refractivity contribution in [2.75, 3.05) is 5.32 Å². The van der Waals surface area contributed by atoms with Gasteiger partial charge in [-0.15, -0.1) is 0 Å². The maximum atomic E-state index is 14.5. The lowest BCUT2D eigenvalue weighted by atomic mass is 9.97. The first-order chi connectivity index (χ1) is 19.9. The van der Waals surface area contributed by atoms with Crippen LogP contribution in [0.15, 0.2) is 73.3 Å². The molecule has 0 bridgehead atoms. The number of nitrogens with one attached hydrogen (secondary N) is 2. The van der Waals surface area contributed by atoms with Crippen molar-refractivity contribution in [3.63, 3.8) is 0 Å². The van der Waals surface area contributed by atoms with Crippen molar-refractivity contribution in [1.29, 1.82) is 0 Å². The number of nitrogens with zero attached hydrogens (tertiary/aromatic N) is 1. The first kappa shape index (κ1) is 30.8. The zero-order valence-electron chi connectivity index (χ0n) is 25.5. The van der Waals surface area contributed by atoms with Crippen LogP contribution in [0.5, 0.6) is 0 Å². The Morgan fingerprint density at radius 2 is 1.71 bits per heavy atom. The molecule has 7 nitrogen and oxygen atoms in total. The van der Waals surface area contributed by atoms with Crippen molar-refractivity contribution in [3.05, 3.63) is 84.4 Å². The third-order valence-corrected chi connectivity index (χ3v) is 7.38. The average molecular weight is 570 g/mol. The Bertz CT molecular complexity index is 1460. The molecule has 2 N–H and O–H groups in total. The first-order valence-electron chi connectivity index (χ1n) is 14.7. The van der Waals surface area contributed by atoms with Gasteiger partial charge in [-0.25, -0.2) is 4.79 Å². The molecule has 0 spiro atoms. The van der Waals surface area contributed by atoms with Crippen LogP contribution < -0.4 is 10.6 Å². The molecular weight excluding hydrogens is 526 g/mol. The van der Waals surface area contributed by atoms with Gasteiger partial charge in [0.25, 0.3) is 5.91 Å². The number of carbonyl (C=O) groups is 3. The highest BCUT2D eigenvalue weighted by atomic mass is 16.6. The fourth-order valence-electron chi connectivity index (χ4n) is 5.27. The minimum absolute atomic E-state index is 0.112. The highest BCUT2D eigenvalue weighted by Crippen LogP contribution is 2.41. The molecule has 3 amide bonds. The molecule has 4 rings (SSSR count). The summed E-state index contributed by atoms with van der Waals surface area (Å²) in [5, 5.41) is 7.98. The number of rotatable bonds is 10. The molecule has 0 radical (unpaired) electrons. The van der Waals surface area contributed by atoms with Crippen LogP contribution in [-0.4, -0.2) is 40.5 Å². The second kappa shape index (κ2) is 12.8. The van der Waals surface area contributed by atoms with Crippen molar-refractivity contribution in [1.82, 2.24) is 10.2 Å². The SMILES string of the molecule is C=Cc1cccc(C(C(=O)Nc2ccc3ccccc3c2)N(C(=O)C(CC(C)C)NC(=O)OC(C)(C)C)C2CC2C)c1. The summed E-state index contributed by atoms with van der Waals surface area (Å²) in [6, 6.07) is 19.3. The van der Waals surface area contributed by atoms with Gasteiger partial charge in [0.1, 0.15) is 17.7 Å². The van der Waals surface area contributed by atoms with Gasteiger partial charge >= 0.3 is 6.09 Å². The number of amides is 3.